The SMILES string of the molecule is COc1ccc(C(OC[C@H]2O[C@@H](n3cc(C)c(=O)[nH]c3=O)C[C@@H]2n2cc([C@H]3O[C@@H](n4cc(C)c(=O)[nH]c4=O)C[C@@H]3O)nn2)(c2ccccc2)c2ccc(OC)cc2)cc1. The summed E-state index contributed by atoms with van der Waals surface area (Å²) >= 11 is 0. The standard InChI is InChI=1S/C42H43N7O10/c1-24-20-47(40(53)43-38(24)51)35-18-32(49-22-31(45-46-49)37-33(50)19-36(59-37)48-21-25(2)39(52)44-41(48)54)34(58-35)23-57-42(26-8-6-5-7-9-26,27-10-14-29(55-3)15-11-27)28-12-16-30(56-4)17-13-28/h5-17,20-22,32-37,50H,18-19,23H2,1-4H3,(H,43,51,53)(H,44,52,54)/t32-,33-,34+,35+,36+,37+/m0/s1. The van der Waals surface area contributed by atoms with Crippen LogP contribution in [0.4, 0.5) is 0 Å². The number of hydrogen-bond acceptors (Lipinski definition) is 12. The maximum absolute atomic E-state index is 13.2. The molecule has 17 nitrogen and oxygen atoms in total. The van der Waals surface area contributed by atoms with Crippen molar-refractivity contribution in [2.24, 2.45) is 0 Å². The fourth-order valence-corrected chi connectivity index (χ4v) is 7.87. The number of aromatic amines is 2. The number of methoxy groups -OCH3 is 2. The highest BCUT2D eigenvalue weighted by molar-refractivity contribution is 5.49. The number of ether oxygens (including phenoxy) is 5. The van der Waals surface area contributed by atoms with E-state index in [-0.39, 0.29) is 19.4 Å². The molecule has 0 unspecified atom stereocenters. The number of benzene rings is 3. The van der Waals surface area contributed by atoms with Crippen LogP contribution in [-0.4, -0.2) is 72.2 Å². The number of rotatable bonds is 12. The zero-order valence-electron chi connectivity index (χ0n) is 32.7. The van der Waals surface area contributed by atoms with Crippen molar-refractivity contribution in [1.82, 2.24) is 34.1 Å². The molecule has 3 aromatic carbocycles. The molecule has 6 atom stereocenters. The van der Waals surface area contributed by atoms with Crippen molar-refractivity contribution >= 4 is 0 Å². The minimum atomic E-state index is -1.19. The van der Waals surface area contributed by atoms with E-state index in [1.807, 2.05) is 78.9 Å². The lowest BCUT2D eigenvalue weighted by molar-refractivity contribution is -0.0843. The van der Waals surface area contributed by atoms with E-state index in [2.05, 4.69) is 20.3 Å². The summed E-state index contributed by atoms with van der Waals surface area (Å²) in [5.74, 6) is 1.33. The van der Waals surface area contributed by atoms with Gasteiger partial charge in [0.15, 0.2) is 0 Å². The second-order valence-corrected chi connectivity index (χ2v) is 14.6. The van der Waals surface area contributed by atoms with Gasteiger partial charge in [-0.25, -0.2) is 14.3 Å². The summed E-state index contributed by atoms with van der Waals surface area (Å²) in [6.07, 6.45) is 0.288. The van der Waals surface area contributed by atoms with Gasteiger partial charge in [-0.1, -0.05) is 59.8 Å². The maximum atomic E-state index is 13.2. The molecule has 5 heterocycles. The number of nitrogens with zero attached hydrogens (tertiary/aromatic N) is 5. The minimum absolute atomic E-state index is 0.0283. The lowest BCUT2D eigenvalue weighted by atomic mass is 9.80. The van der Waals surface area contributed by atoms with Crippen molar-refractivity contribution in [2.75, 3.05) is 20.8 Å². The summed E-state index contributed by atoms with van der Waals surface area (Å²) < 4.78 is 35.2. The Morgan fingerprint density at radius 3 is 1.80 bits per heavy atom. The van der Waals surface area contributed by atoms with Crippen LogP contribution in [-0.2, 0) is 19.8 Å². The van der Waals surface area contributed by atoms with Crippen molar-refractivity contribution in [2.45, 2.75) is 69.1 Å². The molecule has 59 heavy (non-hydrogen) atoms. The highest BCUT2D eigenvalue weighted by Crippen LogP contribution is 2.44. The van der Waals surface area contributed by atoms with Gasteiger partial charge in [-0.2, -0.15) is 0 Å². The second-order valence-electron chi connectivity index (χ2n) is 14.6. The first-order valence-electron chi connectivity index (χ1n) is 19.0. The molecular formula is C42H43N7O10. The molecule has 2 aliphatic rings. The first-order chi connectivity index (χ1) is 28.5. The highest BCUT2D eigenvalue weighted by Gasteiger charge is 2.45. The first-order valence-corrected chi connectivity index (χ1v) is 19.0. The van der Waals surface area contributed by atoms with Gasteiger partial charge in [0.1, 0.15) is 47.5 Å². The normalized spacial score (nSPS) is 21.8. The molecule has 0 spiro atoms. The Morgan fingerprint density at radius 2 is 1.25 bits per heavy atom. The molecule has 0 radical (unpaired) electrons. The lowest BCUT2D eigenvalue weighted by Gasteiger charge is -2.37. The molecule has 0 aliphatic carbocycles. The predicted octanol–water partition coefficient (Wildman–Crippen LogP) is 3.17. The van der Waals surface area contributed by atoms with Gasteiger partial charge in [0.05, 0.1) is 39.2 Å². The number of aryl methyl sites for hydroxylation is 2. The maximum Gasteiger partial charge on any atom is 0.330 e. The number of aliphatic hydroxyl groups excluding tert-OH is 1. The fourth-order valence-electron chi connectivity index (χ4n) is 7.87. The van der Waals surface area contributed by atoms with Crippen LogP contribution in [0.15, 0.2) is 117 Å². The van der Waals surface area contributed by atoms with Crippen molar-refractivity contribution in [1.29, 1.82) is 0 Å². The van der Waals surface area contributed by atoms with Crippen LogP contribution in [0, 0.1) is 13.8 Å². The average molecular weight is 806 g/mol. The first kappa shape index (κ1) is 39.4. The van der Waals surface area contributed by atoms with Crippen LogP contribution >= 0.6 is 0 Å². The Hall–Kier alpha value is -6.40. The van der Waals surface area contributed by atoms with E-state index in [1.54, 1.807) is 38.9 Å². The number of aromatic nitrogens is 7. The van der Waals surface area contributed by atoms with Gasteiger partial charge in [-0.15, -0.1) is 5.10 Å². The monoisotopic (exact) mass is 805 g/mol. The molecule has 2 aliphatic heterocycles. The van der Waals surface area contributed by atoms with Crippen molar-refractivity contribution in [3.8, 4) is 11.5 Å². The van der Waals surface area contributed by atoms with Gasteiger partial charge in [0.2, 0.25) is 0 Å². The Labute approximate surface area is 336 Å². The van der Waals surface area contributed by atoms with Crippen LogP contribution in [0.5, 0.6) is 11.5 Å². The zero-order chi connectivity index (χ0) is 41.4. The summed E-state index contributed by atoms with van der Waals surface area (Å²) in [5.41, 5.74) is -0.135. The second kappa shape index (κ2) is 16.1. The molecule has 306 valence electrons. The van der Waals surface area contributed by atoms with Gasteiger partial charge in [0.25, 0.3) is 11.1 Å². The summed E-state index contributed by atoms with van der Waals surface area (Å²) in [7, 11) is 3.20. The van der Waals surface area contributed by atoms with Gasteiger partial charge in [-0.3, -0.25) is 28.7 Å². The van der Waals surface area contributed by atoms with Gasteiger partial charge in [0, 0.05) is 36.4 Å². The number of aliphatic hydroxyl groups is 1. The number of H-pyrrole nitrogens is 2. The topological polar surface area (TPSA) is 207 Å². The van der Waals surface area contributed by atoms with Crippen molar-refractivity contribution in [3.63, 3.8) is 0 Å². The Morgan fingerprint density at radius 1 is 0.729 bits per heavy atom. The molecule has 2 fully saturated rings. The smallest absolute Gasteiger partial charge is 0.330 e. The third-order valence-electron chi connectivity index (χ3n) is 11.0. The number of nitrogens with one attached hydrogen (secondary N) is 2. The molecule has 17 heteroatoms. The Bertz CT molecular complexity index is 2620. The van der Waals surface area contributed by atoms with Crippen LogP contribution in [0.1, 0.15) is 71.0 Å². The molecule has 8 rings (SSSR count). The van der Waals surface area contributed by atoms with Gasteiger partial charge < -0.3 is 28.8 Å². The molecular weight excluding hydrogens is 763 g/mol. The molecule has 3 aromatic heterocycles. The molecule has 0 amide bonds. The van der Waals surface area contributed by atoms with E-state index in [9.17, 15) is 24.3 Å². The lowest BCUT2D eigenvalue weighted by Crippen LogP contribution is -2.37. The van der Waals surface area contributed by atoms with E-state index in [4.69, 9.17) is 23.7 Å². The summed E-state index contributed by atoms with van der Waals surface area (Å²) in [4.78, 5) is 54.8. The van der Waals surface area contributed by atoms with E-state index < -0.39 is 64.9 Å². The van der Waals surface area contributed by atoms with Gasteiger partial charge >= 0.3 is 11.4 Å². The minimum Gasteiger partial charge on any atom is -0.497 e. The van der Waals surface area contributed by atoms with Crippen LogP contribution in [0.25, 0.3) is 0 Å². The Balaban J connectivity index is 1.17. The summed E-state index contributed by atoms with van der Waals surface area (Å²) in [6, 6.07) is 24.4. The third kappa shape index (κ3) is 7.44. The van der Waals surface area contributed by atoms with Crippen LogP contribution < -0.4 is 32.0 Å². The molecule has 6 aromatic rings. The van der Waals surface area contributed by atoms with E-state index in [1.165, 1.54) is 21.5 Å². The molecule has 2 saturated heterocycles. The van der Waals surface area contributed by atoms with Crippen LogP contribution in [0.2, 0.25) is 0 Å². The Kier molecular flexibility index (Phi) is 10.8. The van der Waals surface area contributed by atoms with Crippen LogP contribution in [0.3, 0.4) is 0 Å². The van der Waals surface area contributed by atoms with Gasteiger partial charge in [-0.05, 0) is 54.8 Å². The molecule has 0 bridgehead atoms. The largest absolute Gasteiger partial charge is 0.497 e. The fraction of sp³-hybridized carbons (Fsp3) is 0.333. The molecule has 3 N–H and O–H groups in total. The third-order valence-corrected chi connectivity index (χ3v) is 11.0. The highest BCUT2D eigenvalue weighted by atomic mass is 16.6. The zero-order valence-corrected chi connectivity index (χ0v) is 32.7. The molecule has 0 saturated carbocycles. The van der Waals surface area contributed by atoms with Crippen molar-refractivity contribution < 1.29 is 28.8 Å². The predicted molar refractivity (Wildman–Crippen MR) is 211 cm³/mol. The summed E-state index contributed by atoms with van der Waals surface area (Å²) in [5, 5.41) is 20.0. The van der Waals surface area contributed by atoms with E-state index in [0.29, 0.717) is 28.3 Å². The van der Waals surface area contributed by atoms with E-state index in [0.717, 1.165) is 16.7 Å². The number of hydrogen-bond donors (Lipinski definition) is 3. The quantitative estimate of drug-likeness (QED) is 0.153. The van der Waals surface area contributed by atoms with E-state index >= 15 is 0 Å². The summed E-state index contributed by atoms with van der Waals surface area (Å²) in [6.45, 7) is 3.15. The van der Waals surface area contributed by atoms with Crippen molar-refractivity contribution in [3.05, 3.63) is 173 Å². The average Bonchev–Trinajstić information content (AvgIpc) is 4.00.